The second-order valence-electron chi connectivity index (χ2n) is 9.09. The maximum absolute atomic E-state index is 13.1. The summed E-state index contributed by atoms with van der Waals surface area (Å²) in [7, 11) is 0. The third-order valence-corrected chi connectivity index (χ3v) is 7.81. The van der Waals surface area contributed by atoms with Gasteiger partial charge in [-0.15, -0.1) is 0 Å². The Morgan fingerprint density at radius 2 is 1.79 bits per heavy atom. The molecule has 0 bridgehead atoms. The fraction of sp³-hybridized carbons (Fsp3) is 0.259. The number of nitrogens with zero attached hydrogens (tertiary/aromatic N) is 4. The molecule has 2 fully saturated rings. The number of morpholine rings is 1. The Balaban J connectivity index is 1.43. The van der Waals surface area contributed by atoms with Gasteiger partial charge in [-0.1, -0.05) is 23.7 Å². The predicted octanol–water partition coefficient (Wildman–Crippen LogP) is 5.73. The van der Waals surface area contributed by atoms with Crippen LogP contribution in [0, 0.1) is 24.0 Å². The standard InChI is InChI=1S/C27H25ClN4O5S/c1-17-13-20(14-25-26(33)30(27(34)38-25)16-19-3-5-21(28)6-4-19)18(2)31(17)22-7-8-23(24(15-22)32(35)36)29-9-11-37-12-10-29/h3-8,13-15H,9-12,16H2,1-2H3/b25-14-. The average Bonchev–Trinajstić information content (AvgIpc) is 3.34. The summed E-state index contributed by atoms with van der Waals surface area (Å²) in [6.07, 6.45) is 1.71. The molecule has 2 aliphatic rings. The number of rotatable bonds is 6. The molecule has 196 valence electrons. The number of nitro groups is 1. The molecule has 11 heteroatoms. The molecular weight excluding hydrogens is 528 g/mol. The number of nitro benzene ring substituents is 1. The lowest BCUT2D eigenvalue weighted by atomic mass is 10.2. The lowest BCUT2D eigenvalue weighted by Gasteiger charge is -2.28. The maximum atomic E-state index is 13.1. The van der Waals surface area contributed by atoms with Gasteiger partial charge in [0.15, 0.2) is 0 Å². The molecule has 2 saturated heterocycles. The van der Waals surface area contributed by atoms with Gasteiger partial charge < -0.3 is 14.2 Å². The molecule has 5 rings (SSSR count). The molecule has 0 spiro atoms. The Morgan fingerprint density at radius 3 is 2.47 bits per heavy atom. The number of halogens is 1. The molecule has 0 aliphatic carbocycles. The van der Waals surface area contributed by atoms with Crippen molar-refractivity contribution < 1.29 is 19.2 Å². The Labute approximate surface area is 228 Å². The van der Waals surface area contributed by atoms with E-state index in [1.54, 1.807) is 42.5 Å². The second-order valence-corrected chi connectivity index (χ2v) is 10.5. The highest BCUT2D eigenvalue weighted by Gasteiger charge is 2.35. The van der Waals surface area contributed by atoms with Gasteiger partial charge >= 0.3 is 0 Å². The minimum absolute atomic E-state index is 0.0294. The Morgan fingerprint density at radius 1 is 1.08 bits per heavy atom. The number of hydrogen-bond donors (Lipinski definition) is 0. The fourth-order valence-corrected chi connectivity index (χ4v) is 5.70. The number of hydrogen-bond acceptors (Lipinski definition) is 7. The van der Waals surface area contributed by atoms with E-state index in [1.807, 2.05) is 35.4 Å². The van der Waals surface area contributed by atoms with Gasteiger partial charge in [0.05, 0.1) is 35.3 Å². The fourth-order valence-electron chi connectivity index (χ4n) is 4.75. The summed E-state index contributed by atoms with van der Waals surface area (Å²) in [5.41, 5.74) is 4.47. The number of aryl methyl sites for hydroxylation is 1. The van der Waals surface area contributed by atoms with E-state index in [9.17, 15) is 19.7 Å². The smallest absolute Gasteiger partial charge is 0.294 e. The quantitative estimate of drug-likeness (QED) is 0.219. The van der Waals surface area contributed by atoms with Crippen molar-refractivity contribution in [3.8, 4) is 5.69 Å². The first-order valence-corrected chi connectivity index (χ1v) is 13.2. The molecule has 2 amide bonds. The van der Waals surface area contributed by atoms with Crippen molar-refractivity contribution in [3.05, 3.63) is 91.1 Å². The van der Waals surface area contributed by atoms with Gasteiger partial charge in [-0.25, -0.2) is 0 Å². The van der Waals surface area contributed by atoms with Crippen LogP contribution >= 0.6 is 23.4 Å². The number of aromatic nitrogens is 1. The Kier molecular flexibility index (Phi) is 7.29. The zero-order chi connectivity index (χ0) is 27.0. The first-order valence-electron chi connectivity index (χ1n) is 12.0. The van der Waals surface area contributed by atoms with Gasteiger partial charge in [-0.05, 0) is 73.1 Å². The minimum Gasteiger partial charge on any atom is -0.378 e. The third kappa shape index (κ3) is 5.07. The number of anilines is 1. The number of ether oxygens (including phenoxy) is 1. The lowest BCUT2D eigenvalue weighted by molar-refractivity contribution is -0.384. The molecular formula is C27H25ClN4O5S. The van der Waals surface area contributed by atoms with Gasteiger partial charge in [-0.2, -0.15) is 0 Å². The normalized spacial score (nSPS) is 17.1. The Bertz CT molecular complexity index is 1460. The predicted molar refractivity (Wildman–Crippen MR) is 148 cm³/mol. The number of benzene rings is 2. The molecule has 0 saturated carbocycles. The van der Waals surface area contributed by atoms with Crippen LogP contribution < -0.4 is 4.90 Å². The molecule has 0 atom stereocenters. The molecule has 3 aromatic rings. The van der Waals surface area contributed by atoms with E-state index in [1.165, 1.54) is 4.90 Å². The number of carbonyl (C=O) groups is 2. The number of imide groups is 1. The van der Waals surface area contributed by atoms with Crippen LogP contribution in [0.5, 0.6) is 0 Å². The number of thioether (sulfide) groups is 1. The van der Waals surface area contributed by atoms with Crippen molar-refractivity contribution >= 4 is 52.0 Å². The van der Waals surface area contributed by atoms with Crippen LogP contribution in [0.1, 0.15) is 22.5 Å². The average molecular weight is 553 g/mol. The molecule has 0 radical (unpaired) electrons. The molecule has 0 N–H and O–H groups in total. The second kappa shape index (κ2) is 10.6. The van der Waals surface area contributed by atoms with Crippen molar-refractivity contribution in [2.45, 2.75) is 20.4 Å². The number of carbonyl (C=O) groups excluding carboxylic acids is 2. The summed E-state index contributed by atoms with van der Waals surface area (Å²) < 4.78 is 7.30. The highest BCUT2D eigenvalue weighted by atomic mass is 35.5. The van der Waals surface area contributed by atoms with Gasteiger partial charge in [0, 0.05) is 35.6 Å². The van der Waals surface area contributed by atoms with E-state index in [4.69, 9.17) is 16.3 Å². The largest absolute Gasteiger partial charge is 0.378 e. The first-order chi connectivity index (χ1) is 18.2. The molecule has 9 nitrogen and oxygen atoms in total. The van der Waals surface area contributed by atoms with Crippen molar-refractivity contribution in [3.63, 3.8) is 0 Å². The number of amides is 2. The molecule has 3 heterocycles. The topological polar surface area (TPSA) is 97.9 Å². The van der Waals surface area contributed by atoms with E-state index in [-0.39, 0.29) is 28.3 Å². The monoisotopic (exact) mass is 552 g/mol. The van der Waals surface area contributed by atoms with Crippen LogP contribution in [0.15, 0.2) is 53.4 Å². The zero-order valence-electron chi connectivity index (χ0n) is 20.8. The van der Waals surface area contributed by atoms with Crippen molar-refractivity contribution in [2.75, 3.05) is 31.2 Å². The van der Waals surface area contributed by atoms with Crippen LogP contribution in [0.25, 0.3) is 11.8 Å². The SMILES string of the molecule is Cc1cc(/C=C2\SC(=O)N(Cc3ccc(Cl)cc3)C2=O)c(C)n1-c1ccc(N2CCOCC2)c([N+](=O)[O-])c1. The summed E-state index contributed by atoms with van der Waals surface area (Å²) >= 11 is 6.84. The summed E-state index contributed by atoms with van der Waals surface area (Å²) in [5.74, 6) is -0.356. The van der Waals surface area contributed by atoms with Crippen LogP contribution in [0.2, 0.25) is 5.02 Å². The summed E-state index contributed by atoms with van der Waals surface area (Å²) in [4.78, 5) is 40.8. The van der Waals surface area contributed by atoms with Gasteiger partial charge in [0.1, 0.15) is 5.69 Å². The van der Waals surface area contributed by atoms with Gasteiger partial charge in [0.2, 0.25) is 0 Å². The Hall–Kier alpha value is -3.60. The van der Waals surface area contributed by atoms with Crippen LogP contribution in [0.4, 0.5) is 16.2 Å². The summed E-state index contributed by atoms with van der Waals surface area (Å²) in [6.45, 7) is 6.21. The van der Waals surface area contributed by atoms with E-state index in [0.29, 0.717) is 47.6 Å². The highest BCUT2D eigenvalue weighted by molar-refractivity contribution is 8.18. The maximum Gasteiger partial charge on any atom is 0.294 e. The van der Waals surface area contributed by atoms with Crippen LogP contribution in [0.3, 0.4) is 0 Å². The molecule has 0 unspecified atom stereocenters. The van der Waals surface area contributed by atoms with Crippen molar-refractivity contribution in [1.82, 2.24) is 9.47 Å². The van der Waals surface area contributed by atoms with E-state index in [0.717, 1.165) is 34.3 Å². The summed E-state index contributed by atoms with van der Waals surface area (Å²) in [5, 5.41) is 12.2. The third-order valence-electron chi connectivity index (χ3n) is 6.65. The van der Waals surface area contributed by atoms with E-state index < -0.39 is 0 Å². The van der Waals surface area contributed by atoms with Crippen molar-refractivity contribution in [2.24, 2.45) is 0 Å². The highest BCUT2D eigenvalue weighted by Crippen LogP contribution is 2.36. The molecule has 38 heavy (non-hydrogen) atoms. The first kappa shape index (κ1) is 26.0. The minimum atomic E-state index is -0.361. The van der Waals surface area contributed by atoms with Crippen LogP contribution in [-0.2, 0) is 16.1 Å². The van der Waals surface area contributed by atoms with Crippen LogP contribution in [-0.4, -0.2) is 51.8 Å². The van der Waals surface area contributed by atoms with Gasteiger partial charge in [0.25, 0.3) is 16.8 Å². The molecule has 2 aliphatic heterocycles. The lowest BCUT2D eigenvalue weighted by Crippen LogP contribution is -2.36. The molecule has 1 aromatic heterocycles. The van der Waals surface area contributed by atoms with E-state index >= 15 is 0 Å². The summed E-state index contributed by atoms with van der Waals surface area (Å²) in [6, 6.07) is 14.1. The zero-order valence-corrected chi connectivity index (χ0v) is 22.4. The van der Waals surface area contributed by atoms with Gasteiger partial charge in [-0.3, -0.25) is 24.6 Å². The molecule has 2 aromatic carbocycles. The van der Waals surface area contributed by atoms with Crippen molar-refractivity contribution in [1.29, 1.82) is 0 Å². The van der Waals surface area contributed by atoms with E-state index in [2.05, 4.69) is 0 Å².